The third-order valence-corrected chi connectivity index (χ3v) is 11.2. The summed E-state index contributed by atoms with van der Waals surface area (Å²) in [5.74, 6) is 0.244. The average Bonchev–Trinajstić information content (AvgIpc) is 2.91. The van der Waals surface area contributed by atoms with Gasteiger partial charge < -0.3 is 19.3 Å². The molecule has 26 heavy (non-hydrogen) atoms. The van der Waals surface area contributed by atoms with E-state index in [2.05, 4.69) is 69.1 Å². The third-order valence-electron chi connectivity index (χ3n) is 5.17. The minimum absolute atomic E-state index is 0.0801. The van der Waals surface area contributed by atoms with E-state index in [0.717, 1.165) is 3.57 Å². The van der Waals surface area contributed by atoms with Crippen molar-refractivity contribution in [2.75, 3.05) is 12.3 Å². The average molecular weight is 493 g/mol. The quantitative estimate of drug-likeness (QED) is 0.478. The molecule has 0 unspecified atom stereocenters. The van der Waals surface area contributed by atoms with Crippen LogP contribution in [-0.4, -0.2) is 36.9 Å². The fourth-order valence-corrected chi connectivity index (χ4v) is 9.55. The zero-order valence-corrected chi connectivity index (χ0v) is 19.4. The largest absolute Gasteiger partial charge is 0.391 e. The van der Waals surface area contributed by atoms with Crippen molar-refractivity contribution in [3.05, 3.63) is 20.3 Å². The molecule has 3 atom stereocenters. The molecule has 2 fully saturated rings. The number of nitrogens with two attached hydrogens (primary N) is 1. The standard InChI is InChI=1S/C17H28IN3O4Si/c1-16(2,3)26(17(4,5)6)23-9-12-11(25-26)7-13(24-12)21-8-10(18)14(19)20-15(21)22/h8,11-13H,7,9H2,1-6H3,(H2,19,20,22)/t11-,12+,13+/m0/s1. The third kappa shape index (κ3) is 3.25. The van der Waals surface area contributed by atoms with Gasteiger partial charge in [0.05, 0.1) is 16.3 Å². The van der Waals surface area contributed by atoms with Gasteiger partial charge in [0, 0.05) is 22.7 Å². The fraction of sp³-hybridized carbons (Fsp3) is 0.765. The van der Waals surface area contributed by atoms with Crippen LogP contribution in [0.2, 0.25) is 10.1 Å². The molecule has 3 rings (SSSR count). The number of rotatable bonds is 1. The molecule has 3 heterocycles. The summed E-state index contributed by atoms with van der Waals surface area (Å²) in [7, 11) is -2.54. The van der Waals surface area contributed by atoms with Crippen molar-refractivity contribution >= 4 is 37.0 Å². The van der Waals surface area contributed by atoms with Crippen LogP contribution in [-0.2, 0) is 13.6 Å². The molecule has 2 aliphatic heterocycles. The van der Waals surface area contributed by atoms with E-state index in [9.17, 15) is 4.79 Å². The summed E-state index contributed by atoms with van der Waals surface area (Å²) in [5.41, 5.74) is 5.32. The molecule has 2 N–H and O–H groups in total. The van der Waals surface area contributed by atoms with Gasteiger partial charge in [-0.25, -0.2) is 4.79 Å². The first-order valence-corrected chi connectivity index (χ1v) is 11.8. The van der Waals surface area contributed by atoms with Crippen molar-refractivity contribution in [3.8, 4) is 0 Å². The second-order valence-electron chi connectivity index (χ2n) is 9.11. The van der Waals surface area contributed by atoms with Crippen molar-refractivity contribution < 1.29 is 13.6 Å². The van der Waals surface area contributed by atoms with E-state index in [1.165, 1.54) is 4.57 Å². The van der Waals surface area contributed by atoms with E-state index in [1.54, 1.807) is 6.20 Å². The zero-order chi connectivity index (χ0) is 19.5. The molecule has 146 valence electrons. The van der Waals surface area contributed by atoms with Gasteiger partial charge in [0.1, 0.15) is 18.1 Å². The number of nitrogen functional groups attached to an aromatic ring is 1. The second-order valence-corrected chi connectivity index (χ2v) is 15.0. The van der Waals surface area contributed by atoms with Gasteiger partial charge in [-0.15, -0.1) is 0 Å². The number of halogens is 1. The maximum absolute atomic E-state index is 12.3. The molecule has 0 spiro atoms. The van der Waals surface area contributed by atoms with E-state index >= 15 is 0 Å². The smallest absolute Gasteiger partial charge is 0.351 e. The first-order chi connectivity index (χ1) is 11.9. The predicted molar refractivity (Wildman–Crippen MR) is 110 cm³/mol. The number of hydrogen-bond acceptors (Lipinski definition) is 6. The van der Waals surface area contributed by atoms with Crippen molar-refractivity contribution in [2.45, 2.75) is 76.5 Å². The molecule has 9 heteroatoms. The topological polar surface area (TPSA) is 88.6 Å². The molecule has 2 saturated heterocycles. The summed E-state index contributed by atoms with van der Waals surface area (Å²) in [6.45, 7) is 13.6. The molecule has 2 aliphatic rings. The molecule has 1 aromatic rings. The zero-order valence-electron chi connectivity index (χ0n) is 16.2. The molecular formula is C17H28IN3O4Si. The highest BCUT2D eigenvalue weighted by Gasteiger charge is 2.63. The summed E-state index contributed by atoms with van der Waals surface area (Å²) in [6.07, 6.45) is 1.64. The van der Waals surface area contributed by atoms with E-state index in [0.29, 0.717) is 13.0 Å². The Morgan fingerprint density at radius 1 is 1.23 bits per heavy atom. The Morgan fingerprint density at radius 3 is 2.42 bits per heavy atom. The lowest BCUT2D eigenvalue weighted by atomic mass is 10.2. The lowest BCUT2D eigenvalue weighted by Gasteiger charge is -2.53. The van der Waals surface area contributed by atoms with Crippen LogP contribution in [0, 0.1) is 3.57 Å². The molecule has 7 nitrogen and oxygen atoms in total. The van der Waals surface area contributed by atoms with Crippen LogP contribution in [0.3, 0.4) is 0 Å². The van der Waals surface area contributed by atoms with Crippen LogP contribution in [0.25, 0.3) is 0 Å². The van der Waals surface area contributed by atoms with Crippen molar-refractivity contribution in [2.24, 2.45) is 0 Å². The number of ether oxygens (including phenoxy) is 1. The van der Waals surface area contributed by atoms with Crippen molar-refractivity contribution in [1.29, 1.82) is 0 Å². The first kappa shape index (κ1) is 20.2. The minimum Gasteiger partial charge on any atom is -0.391 e. The Kier molecular flexibility index (Phi) is 5.09. The van der Waals surface area contributed by atoms with Gasteiger partial charge in [-0.05, 0) is 22.6 Å². The molecule has 0 radical (unpaired) electrons. The van der Waals surface area contributed by atoms with Crippen LogP contribution >= 0.6 is 22.6 Å². The molecule has 0 amide bonds. The highest BCUT2D eigenvalue weighted by Crippen LogP contribution is 2.55. The maximum atomic E-state index is 12.3. The van der Waals surface area contributed by atoms with E-state index in [-0.39, 0.29) is 28.1 Å². The summed E-state index contributed by atoms with van der Waals surface area (Å²) >= 11 is 2.07. The Balaban J connectivity index is 1.89. The Bertz CT molecular complexity index is 742. The Labute approximate surface area is 169 Å². The lowest BCUT2D eigenvalue weighted by Crippen LogP contribution is -2.64. The van der Waals surface area contributed by atoms with E-state index in [1.807, 2.05) is 0 Å². The molecule has 0 aliphatic carbocycles. The van der Waals surface area contributed by atoms with Crippen LogP contribution in [0.4, 0.5) is 5.82 Å². The summed E-state index contributed by atoms with van der Waals surface area (Å²) < 4.78 is 21.5. The first-order valence-electron chi connectivity index (χ1n) is 8.87. The second kappa shape index (κ2) is 6.54. The summed E-state index contributed by atoms with van der Waals surface area (Å²) in [6, 6.07) is 0. The van der Waals surface area contributed by atoms with Crippen molar-refractivity contribution in [3.63, 3.8) is 0 Å². The molecule has 0 saturated carbocycles. The molecular weight excluding hydrogens is 465 g/mol. The van der Waals surface area contributed by atoms with Gasteiger partial charge in [-0.1, -0.05) is 41.5 Å². The predicted octanol–water partition coefficient (Wildman–Crippen LogP) is 3.18. The summed E-state index contributed by atoms with van der Waals surface area (Å²) in [5, 5.41) is -0.160. The Morgan fingerprint density at radius 2 is 1.85 bits per heavy atom. The lowest BCUT2D eigenvalue weighted by molar-refractivity contribution is -0.0808. The summed E-state index contributed by atoms with van der Waals surface area (Å²) in [4.78, 5) is 16.1. The highest BCUT2D eigenvalue weighted by molar-refractivity contribution is 14.1. The van der Waals surface area contributed by atoms with E-state index in [4.69, 9.17) is 19.3 Å². The van der Waals surface area contributed by atoms with Gasteiger partial charge in [0.2, 0.25) is 0 Å². The van der Waals surface area contributed by atoms with Gasteiger partial charge in [-0.2, -0.15) is 4.98 Å². The van der Waals surface area contributed by atoms with Crippen LogP contribution in [0.5, 0.6) is 0 Å². The minimum atomic E-state index is -2.54. The molecule has 0 bridgehead atoms. The number of nitrogens with zero attached hydrogens (tertiary/aromatic N) is 2. The highest BCUT2D eigenvalue weighted by atomic mass is 127. The van der Waals surface area contributed by atoms with Crippen LogP contribution in [0.1, 0.15) is 54.2 Å². The number of hydrogen-bond donors (Lipinski definition) is 1. The monoisotopic (exact) mass is 493 g/mol. The molecule has 1 aromatic heterocycles. The van der Waals surface area contributed by atoms with Gasteiger partial charge in [0.25, 0.3) is 0 Å². The van der Waals surface area contributed by atoms with Crippen LogP contribution < -0.4 is 11.4 Å². The van der Waals surface area contributed by atoms with Gasteiger partial charge in [0.15, 0.2) is 0 Å². The normalized spacial score (nSPS) is 28.8. The number of fused-ring (bicyclic) bond motifs is 1. The van der Waals surface area contributed by atoms with Gasteiger partial charge >= 0.3 is 14.3 Å². The van der Waals surface area contributed by atoms with Crippen LogP contribution in [0.15, 0.2) is 11.0 Å². The Hall–Kier alpha value is -0.493. The van der Waals surface area contributed by atoms with E-state index < -0.39 is 20.5 Å². The number of anilines is 1. The van der Waals surface area contributed by atoms with Crippen molar-refractivity contribution in [1.82, 2.24) is 9.55 Å². The SMILES string of the molecule is CC(C)(C)[Si]1(C(C)(C)C)OC[C@H]2O[C@@H](n3cc(I)c(N)nc3=O)C[C@@H]2O1. The maximum Gasteiger partial charge on any atom is 0.351 e. The van der Waals surface area contributed by atoms with Gasteiger partial charge in [-0.3, -0.25) is 4.57 Å². The molecule has 0 aromatic carbocycles. The number of aromatic nitrogens is 2. The fourth-order valence-electron chi connectivity index (χ4n) is 4.17.